The summed E-state index contributed by atoms with van der Waals surface area (Å²) in [5.41, 5.74) is 3.83. The molecule has 2 aromatic rings. The third-order valence-corrected chi connectivity index (χ3v) is 3.95. The maximum Gasteiger partial charge on any atom is 0.108 e. The number of hydrogen-bond acceptors (Lipinski definition) is 2. The van der Waals surface area contributed by atoms with E-state index in [2.05, 4.69) is 29.2 Å². The van der Waals surface area contributed by atoms with E-state index in [0.717, 1.165) is 17.1 Å². The smallest absolute Gasteiger partial charge is 0.108 e. The van der Waals surface area contributed by atoms with Crippen molar-refractivity contribution in [3.8, 4) is 11.3 Å². The Labute approximate surface area is 91.4 Å². The third kappa shape index (κ3) is 1.11. The average Bonchev–Trinajstić information content (AvgIpc) is 2.73. The molecule has 14 heavy (non-hydrogen) atoms. The molecule has 0 aliphatic heterocycles. The van der Waals surface area contributed by atoms with Crippen LogP contribution in [0.4, 0.5) is 0 Å². The number of fused-ring (bicyclic) bond motifs is 3. The molecule has 1 aromatic carbocycles. The van der Waals surface area contributed by atoms with Crippen molar-refractivity contribution in [2.45, 2.75) is 12.3 Å². The van der Waals surface area contributed by atoms with E-state index in [1.165, 1.54) is 16.0 Å². The molecule has 1 heterocycles. The number of thiazole rings is 1. The maximum atomic E-state index is 5.77. The van der Waals surface area contributed by atoms with Crippen LogP contribution in [0, 0.1) is 0 Å². The van der Waals surface area contributed by atoms with Gasteiger partial charge < -0.3 is 0 Å². The van der Waals surface area contributed by atoms with Gasteiger partial charge in [0.15, 0.2) is 0 Å². The molecule has 0 spiro atoms. The zero-order chi connectivity index (χ0) is 9.54. The van der Waals surface area contributed by atoms with E-state index in [1.807, 2.05) is 0 Å². The number of aromatic nitrogens is 1. The minimum atomic E-state index is 0.528. The van der Waals surface area contributed by atoms with Gasteiger partial charge in [0, 0.05) is 16.9 Å². The van der Waals surface area contributed by atoms with E-state index in [4.69, 9.17) is 11.6 Å². The lowest BCUT2D eigenvalue weighted by Gasteiger charge is -1.96. The normalized spacial score (nSPS) is 12.6. The molecular weight excluding hydrogens is 214 g/mol. The predicted molar refractivity (Wildman–Crippen MR) is 59.9 cm³/mol. The minimum absolute atomic E-state index is 0.528. The molecule has 1 aliphatic carbocycles. The topological polar surface area (TPSA) is 12.9 Å². The van der Waals surface area contributed by atoms with Gasteiger partial charge in [0.2, 0.25) is 0 Å². The predicted octanol–water partition coefficient (Wildman–Crippen LogP) is 3.45. The monoisotopic (exact) mass is 221 g/mol. The van der Waals surface area contributed by atoms with Crippen molar-refractivity contribution >= 4 is 22.9 Å². The Morgan fingerprint density at radius 2 is 2.21 bits per heavy atom. The van der Waals surface area contributed by atoms with Crippen molar-refractivity contribution in [2.75, 3.05) is 0 Å². The van der Waals surface area contributed by atoms with Crippen molar-refractivity contribution in [1.82, 2.24) is 4.98 Å². The molecule has 1 aliphatic rings. The van der Waals surface area contributed by atoms with Crippen molar-refractivity contribution in [2.24, 2.45) is 0 Å². The van der Waals surface area contributed by atoms with Gasteiger partial charge in [-0.15, -0.1) is 22.9 Å². The van der Waals surface area contributed by atoms with Gasteiger partial charge >= 0.3 is 0 Å². The zero-order valence-corrected chi connectivity index (χ0v) is 9.03. The SMILES string of the molecule is ClCc1nc2c(s1)Cc1ccccc1-2. The largest absolute Gasteiger partial charge is 0.240 e. The summed E-state index contributed by atoms with van der Waals surface area (Å²) >= 11 is 7.50. The second-order valence-electron chi connectivity index (χ2n) is 3.35. The molecule has 0 N–H and O–H groups in total. The van der Waals surface area contributed by atoms with E-state index < -0.39 is 0 Å². The van der Waals surface area contributed by atoms with Crippen LogP contribution in [0.3, 0.4) is 0 Å². The number of rotatable bonds is 1. The molecule has 0 unspecified atom stereocenters. The highest BCUT2D eigenvalue weighted by Gasteiger charge is 2.22. The number of halogens is 1. The quantitative estimate of drug-likeness (QED) is 0.574. The molecule has 0 bridgehead atoms. The van der Waals surface area contributed by atoms with E-state index >= 15 is 0 Å². The first-order valence-electron chi connectivity index (χ1n) is 4.51. The minimum Gasteiger partial charge on any atom is -0.240 e. The third-order valence-electron chi connectivity index (χ3n) is 2.48. The molecule has 0 atom stereocenters. The fraction of sp³-hybridized carbons (Fsp3) is 0.182. The van der Waals surface area contributed by atoms with Crippen LogP contribution in [-0.2, 0) is 12.3 Å². The number of alkyl halides is 1. The van der Waals surface area contributed by atoms with Gasteiger partial charge in [0.25, 0.3) is 0 Å². The Kier molecular flexibility index (Phi) is 1.85. The lowest BCUT2D eigenvalue weighted by molar-refractivity contribution is 1.26. The Bertz CT molecular complexity index is 490. The van der Waals surface area contributed by atoms with E-state index in [1.54, 1.807) is 11.3 Å². The van der Waals surface area contributed by atoms with E-state index in [9.17, 15) is 0 Å². The van der Waals surface area contributed by atoms with Crippen LogP contribution in [0.15, 0.2) is 24.3 Å². The fourth-order valence-electron chi connectivity index (χ4n) is 1.87. The average molecular weight is 222 g/mol. The van der Waals surface area contributed by atoms with Crippen molar-refractivity contribution < 1.29 is 0 Å². The van der Waals surface area contributed by atoms with Crippen LogP contribution in [0.2, 0.25) is 0 Å². The summed E-state index contributed by atoms with van der Waals surface area (Å²) in [4.78, 5) is 5.90. The van der Waals surface area contributed by atoms with Crippen LogP contribution in [0.1, 0.15) is 15.4 Å². The highest BCUT2D eigenvalue weighted by Crippen LogP contribution is 2.39. The lowest BCUT2D eigenvalue weighted by Crippen LogP contribution is -1.80. The Hall–Kier alpha value is -0.860. The van der Waals surface area contributed by atoms with E-state index in [-0.39, 0.29) is 0 Å². The van der Waals surface area contributed by atoms with Crippen molar-refractivity contribution in [1.29, 1.82) is 0 Å². The highest BCUT2D eigenvalue weighted by atomic mass is 35.5. The first kappa shape index (κ1) is 8.45. The standard InChI is InChI=1S/C11H8ClNS/c12-6-10-13-11-8-4-2-1-3-7(8)5-9(11)14-10/h1-4H,5-6H2. The van der Waals surface area contributed by atoms with Crippen LogP contribution in [-0.4, -0.2) is 4.98 Å². The highest BCUT2D eigenvalue weighted by molar-refractivity contribution is 7.12. The maximum absolute atomic E-state index is 5.77. The molecule has 0 amide bonds. The fourth-order valence-corrected chi connectivity index (χ4v) is 3.05. The summed E-state index contributed by atoms with van der Waals surface area (Å²) in [5, 5.41) is 1.03. The lowest BCUT2D eigenvalue weighted by atomic mass is 10.1. The molecule has 0 saturated heterocycles. The summed E-state index contributed by atoms with van der Waals surface area (Å²) in [5.74, 6) is 0.528. The second-order valence-corrected chi connectivity index (χ2v) is 4.78. The first-order chi connectivity index (χ1) is 6.88. The van der Waals surface area contributed by atoms with Crippen LogP contribution in [0.25, 0.3) is 11.3 Å². The molecule has 0 saturated carbocycles. The summed E-state index contributed by atoms with van der Waals surface area (Å²) in [6.07, 6.45) is 1.03. The van der Waals surface area contributed by atoms with Gasteiger partial charge in [0.1, 0.15) is 5.01 Å². The van der Waals surface area contributed by atoms with Gasteiger partial charge in [-0.25, -0.2) is 4.98 Å². The molecule has 0 fully saturated rings. The van der Waals surface area contributed by atoms with E-state index in [0.29, 0.717) is 5.88 Å². The van der Waals surface area contributed by atoms with Crippen molar-refractivity contribution in [3.05, 3.63) is 39.7 Å². The molecular formula is C11H8ClNS. The Balaban J connectivity index is 2.20. The number of hydrogen-bond donors (Lipinski definition) is 0. The zero-order valence-electron chi connectivity index (χ0n) is 7.46. The Morgan fingerprint density at radius 1 is 1.36 bits per heavy atom. The first-order valence-corrected chi connectivity index (χ1v) is 5.86. The summed E-state index contributed by atoms with van der Waals surface area (Å²) in [6, 6.07) is 8.45. The summed E-state index contributed by atoms with van der Waals surface area (Å²) < 4.78 is 0. The van der Waals surface area contributed by atoms with Crippen LogP contribution < -0.4 is 0 Å². The van der Waals surface area contributed by atoms with Gasteiger partial charge in [-0.3, -0.25) is 0 Å². The van der Waals surface area contributed by atoms with Gasteiger partial charge in [-0.05, 0) is 5.56 Å². The number of benzene rings is 1. The Morgan fingerprint density at radius 3 is 3.07 bits per heavy atom. The molecule has 3 rings (SSSR count). The number of nitrogens with zero attached hydrogens (tertiary/aromatic N) is 1. The molecule has 1 aromatic heterocycles. The van der Waals surface area contributed by atoms with Gasteiger partial charge in [-0.1, -0.05) is 24.3 Å². The van der Waals surface area contributed by atoms with Crippen LogP contribution in [0.5, 0.6) is 0 Å². The molecule has 3 heteroatoms. The van der Waals surface area contributed by atoms with Crippen LogP contribution >= 0.6 is 22.9 Å². The summed E-state index contributed by atoms with van der Waals surface area (Å²) in [7, 11) is 0. The van der Waals surface area contributed by atoms with Crippen molar-refractivity contribution in [3.63, 3.8) is 0 Å². The second kappa shape index (κ2) is 3.07. The van der Waals surface area contributed by atoms with Gasteiger partial charge in [-0.2, -0.15) is 0 Å². The molecule has 70 valence electrons. The molecule has 0 radical (unpaired) electrons. The summed E-state index contributed by atoms with van der Waals surface area (Å²) in [6.45, 7) is 0. The molecule has 1 nitrogen and oxygen atoms in total. The van der Waals surface area contributed by atoms with Gasteiger partial charge in [0.05, 0.1) is 11.6 Å².